The van der Waals surface area contributed by atoms with Gasteiger partial charge in [0.2, 0.25) is 0 Å². The number of aromatic nitrogens is 1. The number of hydrogen-bond donors (Lipinski definition) is 0. The van der Waals surface area contributed by atoms with Gasteiger partial charge in [0.15, 0.2) is 5.78 Å². The Labute approximate surface area is 126 Å². The lowest BCUT2D eigenvalue weighted by Crippen LogP contribution is -2.30. The molecule has 0 aromatic carbocycles. The normalized spacial score (nSPS) is 19.2. The van der Waals surface area contributed by atoms with Gasteiger partial charge in [-0.05, 0) is 56.6 Å². The zero-order valence-electron chi connectivity index (χ0n) is 12.9. The van der Waals surface area contributed by atoms with E-state index in [-0.39, 0.29) is 5.78 Å². The third-order valence-corrected chi connectivity index (χ3v) is 3.81. The molecule has 2 heterocycles. The summed E-state index contributed by atoms with van der Waals surface area (Å²) in [6, 6.07) is 2.42. The zero-order chi connectivity index (χ0) is 15.1. The summed E-state index contributed by atoms with van der Waals surface area (Å²) in [6.07, 6.45) is 10.8. The number of likely N-dealkylation sites (tertiary alicyclic amines) is 1. The van der Waals surface area contributed by atoms with Crippen LogP contribution in [0.4, 0.5) is 0 Å². The predicted molar refractivity (Wildman–Crippen MR) is 84.3 cm³/mol. The number of likely N-dealkylation sites (N-methyl/N-ethyl adjacent to an activating group) is 1. The van der Waals surface area contributed by atoms with Crippen molar-refractivity contribution in [3.05, 3.63) is 30.1 Å². The molecule has 0 bridgehead atoms. The van der Waals surface area contributed by atoms with Gasteiger partial charge in [-0.1, -0.05) is 6.92 Å². The molecule has 0 unspecified atom stereocenters. The van der Waals surface area contributed by atoms with Crippen LogP contribution in [0.15, 0.2) is 24.5 Å². The number of rotatable bonds is 7. The topological polar surface area (TPSA) is 42.4 Å². The highest BCUT2D eigenvalue weighted by molar-refractivity contribution is 5.93. The lowest BCUT2D eigenvalue weighted by atomic mass is 10.2. The third-order valence-electron chi connectivity index (χ3n) is 3.81. The van der Waals surface area contributed by atoms with E-state index in [2.05, 4.69) is 16.9 Å². The van der Waals surface area contributed by atoms with Crippen molar-refractivity contribution in [2.24, 2.45) is 0 Å². The van der Waals surface area contributed by atoms with Crippen LogP contribution in [0.1, 0.15) is 38.2 Å². The lowest BCUT2D eigenvalue weighted by molar-refractivity contribution is -0.114. The molecule has 1 aromatic heterocycles. The van der Waals surface area contributed by atoms with Crippen molar-refractivity contribution < 1.29 is 9.53 Å². The first-order chi connectivity index (χ1) is 10.2. The average Bonchev–Trinajstić information content (AvgIpc) is 2.89. The molecule has 21 heavy (non-hydrogen) atoms. The minimum absolute atomic E-state index is 0.149. The van der Waals surface area contributed by atoms with Crippen LogP contribution in [-0.2, 0) is 4.79 Å². The molecular weight excluding hydrogens is 264 g/mol. The fourth-order valence-electron chi connectivity index (χ4n) is 2.51. The summed E-state index contributed by atoms with van der Waals surface area (Å²) in [7, 11) is 2.14. The summed E-state index contributed by atoms with van der Waals surface area (Å²) in [5.41, 5.74) is 0.900. The Morgan fingerprint density at radius 2 is 2.38 bits per heavy atom. The van der Waals surface area contributed by atoms with Crippen LogP contribution in [0.2, 0.25) is 0 Å². The molecule has 2 rings (SSSR count). The van der Waals surface area contributed by atoms with Gasteiger partial charge < -0.3 is 9.64 Å². The van der Waals surface area contributed by atoms with Crippen molar-refractivity contribution in [3.8, 4) is 5.75 Å². The van der Waals surface area contributed by atoms with Crippen LogP contribution in [0, 0.1) is 0 Å². The molecule has 114 valence electrons. The quantitative estimate of drug-likeness (QED) is 0.723. The second-order valence-electron chi connectivity index (χ2n) is 5.59. The first-order valence-electron chi connectivity index (χ1n) is 7.68. The molecule has 1 saturated heterocycles. The monoisotopic (exact) mass is 288 g/mol. The van der Waals surface area contributed by atoms with Crippen molar-refractivity contribution >= 4 is 11.9 Å². The Morgan fingerprint density at radius 3 is 3.10 bits per heavy atom. The van der Waals surface area contributed by atoms with E-state index in [1.807, 2.05) is 13.0 Å². The number of hydrogen-bond acceptors (Lipinski definition) is 4. The van der Waals surface area contributed by atoms with E-state index in [1.54, 1.807) is 24.5 Å². The molecule has 0 amide bonds. The number of pyridine rings is 1. The Hall–Kier alpha value is -1.68. The van der Waals surface area contributed by atoms with Crippen LogP contribution in [0.25, 0.3) is 6.08 Å². The molecule has 4 heteroatoms. The van der Waals surface area contributed by atoms with Crippen LogP contribution in [0.3, 0.4) is 0 Å². The van der Waals surface area contributed by atoms with Crippen LogP contribution in [-0.4, -0.2) is 41.9 Å². The molecule has 0 radical (unpaired) electrons. The van der Waals surface area contributed by atoms with Crippen LogP contribution >= 0.6 is 0 Å². The minimum Gasteiger partial charge on any atom is -0.490 e. The van der Waals surface area contributed by atoms with Gasteiger partial charge in [0.1, 0.15) is 12.4 Å². The van der Waals surface area contributed by atoms with E-state index >= 15 is 0 Å². The highest BCUT2D eigenvalue weighted by Crippen LogP contribution is 2.18. The highest BCUT2D eigenvalue weighted by Gasteiger charge is 2.21. The molecule has 1 aliphatic heterocycles. The molecule has 4 nitrogen and oxygen atoms in total. The third kappa shape index (κ3) is 4.97. The molecule has 1 aliphatic rings. The van der Waals surface area contributed by atoms with Gasteiger partial charge in [0, 0.05) is 18.7 Å². The molecule has 0 spiro atoms. The number of allylic oxidation sites excluding steroid dienone is 1. The summed E-state index contributed by atoms with van der Waals surface area (Å²) in [5, 5.41) is 0. The molecule has 0 saturated carbocycles. The molecule has 0 aliphatic carbocycles. The van der Waals surface area contributed by atoms with Crippen LogP contribution in [0.5, 0.6) is 5.75 Å². The van der Waals surface area contributed by atoms with Crippen LogP contribution < -0.4 is 4.74 Å². The zero-order valence-corrected chi connectivity index (χ0v) is 12.9. The standard InChI is InChI=1S/C17H24N2O2/c1-3-5-16(20)8-7-14-10-17(12-18-11-14)21-13-15-6-4-9-19(15)2/h7-8,10-12,15H,3-6,9,13H2,1-2H3/t15-/m0/s1. The number of carbonyl (C=O) groups excluding carboxylic acids is 1. The highest BCUT2D eigenvalue weighted by atomic mass is 16.5. The molecule has 1 aromatic rings. The van der Waals surface area contributed by atoms with Crippen molar-refractivity contribution in [2.45, 2.75) is 38.6 Å². The first kappa shape index (κ1) is 15.7. The van der Waals surface area contributed by atoms with Gasteiger partial charge in [0.05, 0.1) is 6.20 Å². The molecular formula is C17H24N2O2. The first-order valence-corrected chi connectivity index (χ1v) is 7.68. The van der Waals surface area contributed by atoms with E-state index in [0.717, 1.165) is 24.3 Å². The number of ketones is 1. The summed E-state index contributed by atoms with van der Waals surface area (Å²) in [6.45, 7) is 3.84. The fraction of sp³-hybridized carbons (Fsp3) is 0.529. The Morgan fingerprint density at radius 1 is 1.52 bits per heavy atom. The van der Waals surface area contributed by atoms with Gasteiger partial charge in [-0.25, -0.2) is 0 Å². The minimum atomic E-state index is 0.149. The summed E-state index contributed by atoms with van der Waals surface area (Å²) < 4.78 is 5.83. The number of ether oxygens (including phenoxy) is 1. The lowest BCUT2D eigenvalue weighted by Gasteiger charge is -2.19. The Balaban J connectivity index is 1.89. The van der Waals surface area contributed by atoms with E-state index < -0.39 is 0 Å². The van der Waals surface area contributed by atoms with E-state index in [4.69, 9.17) is 4.74 Å². The van der Waals surface area contributed by atoms with Gasteiger partial charge >= 0.3 is 0 Å². The SMILES string of the molecule is CCCC(=O)C=Cc1cncc(OC[C@@H]2CCCN2C)c1. The Bertz CT molecular complexity index is 499. The second kappa shape index (κ2) is 7.93. The van der Waals surface area contributed by atoms with Crippen molar-refractivity contribution in [1.29, 1.82) is 0 Å². The summed E-state index contributed by atoms with van der Waals surface area (Å²) in [5.74, 6) is 0.914. The number of nitrogens with zero attached hydrogens (tertiary/aromatic N) is 2. The van der Waals surface area contributed by atoms with Gasteiger partial charge in [0.25, 0.3) is 0 Å². The molecule has 1 fully saturated rings. The Kier molecular flexibility index (Phi) is 5.93. The largest absolute Gasteiger partial charge is 0.490 e. The second-order valence-corrected chi connectivity index (χ2v) is 5.59. The molecule has 1 atom stereocenters. The smallest absolute Gasteiger partial charge is 0.155 e. The van der Waals surface area contributed by atoms with E-state index in [0.29, 0.717) is 19.1 Å². The van der Waals surface area contributed by atoms with Crippen molar-refractivity contribution in [2.75, 3.05) is 20.2 Å². The number of carbonyl (C=O) groups is 1. The van der Waals surface area contributed by atoms with Crippen molar-refractivity contribution in [1.82, 2.24) is 9.88 Å². The predicted octanol–water partition coefficient (Wildman–Crippen LogP) is 2.94. The van der Waals surface area contributed by atoms with Gasteiger partial charge in [-0.15, -0.1) is 0 Å². The maximum atomic E-state index is 11.5. The maximum Gasteiger partial charge on any atom is 0.155 e. The van der Waals surface area contributed by atoms with E-state index in [1.165, 1.54) is 12.8 Å². The maximum absolute atomic E-state index is 11.5. The van der Waals surface area contributed by atoms with E-state index in [9.17, 15) is 4.79 Å². The fourth-order valence-corrected chi connectivity index (χ4v) is 2.51. The average molecular weight is 288 g/mol. The molecule has 0 N–H and O–H groups in total. The van der Waals surface area contributed by atoms with Crippen molar-refractivity contribution in [3.63, 3.8) is 0 Å². The summed E-state index contributed by atoms with van der Waals surface area (Å²) >= 11 is 0. The summed E-state index contributed by atoms with van der Waals surface area (Å²) in [4.78, 5) is 18.0. The van der Waals surface area contributed by atoms with Gasteiger partial charge in [-0.3, -0.25) is 9.78 Å². The van der Waals surface area contributed by atoms with Gasteiger partial charge in [-0.2, -0.15) is 0 Å².